The van der Waals surface area contributed by atoms with Crippen LogP contribution < -0.4 is 10.1 Å². The summed E-state index contributed by atoms with van der Waals surface area (Å²) in [7, 11) is 1.62. The topological polar surface area (TPSA) is 59.3 Å². The third-order valence-corrected chi connectivity index (χ3v) is 4.04. The van der Waals surface area contributed by atoms with Crippen LogP contribution in [0.15, 0.2) is 36.7 Å². The highest BCUT2D eigenvalue weighted by molar-refractivity contribution is 5.38. The number of ether oxygens (including phenoxy) is 1. The van der Waals surface area contributed by atoms with E-state index < -0.39 is 6.10 Å². The molecule has 0 bridgehead atoms. The molecule has 5 nitrogen and oxygen atoms in total. The van der Waals surface area contributed by atoms with Gasteiger partial charge in [-0.2, -0.15) is 5.10 Å². The fourth-order valence-corrected chi connectivity index (χ4v) is 2.44. The Morgan fingerprint density at radius 2 is 2.14 bits per heavy atom. The van der Waals surface area contributed by atoms with E-state index >= 15 is 0 Å². The van der Waals surface area contributed by atoms with E-state index in [9.17, 15) is 5.11 Å². The summed E-state index contributed by atoms with van der Waals surface area (Å²) < 4.78 is 7.25. The van der Waals surface area contributed by atoms with Crippen LogP contribution in [-0.4, -0.2) is 34.6 Å². The molecule has 3 atom stereocenters. The maximum absolute atomic E-state index is 10.5. The lowest BCUT2D eigenvalue weighted by atomic mass is 10.0. The van der Waals surface area contributed by atoms with Crippen molar-refractivity contribution in [2.24, 2.45) is 0 Å². The maximum Gasteiger partial charge on any atom is 0.124 e. The van der Waals surface area contributed by atoms with E-state index in [2.05, 4.69) is 24.3 Å². The smallest absolute Gasteiger partial charge is 0.124 e. The number of nitrogens with one attached hydrogen (secondary N) is 1. The fraction of sp³-hybridized carbons (Fsp3) is 0.471. The quantitative estimate of drug-likeness (QED) is 0.825. The summed E-state index contributed by atoms with van der Waals surface area (Å²) in [6, 6.07) is 8.14. The Balaban J connectivity index is 1.97. The third-order valence-electron chi connectivity index (χ3n) is 4.04. The third kappa shape index (κ3) is 3.87. The summed E-state index contributed by atoms with van der Waals surface area (Å²) >= 11 is 0. The zero-order valence-corrected chi connectivity index (χ0v) is 13.7. The minimum absolute atomic E-state index is 0.186. The molecular formula is C17H25N3O2. The number of aromatic nitrogens is 2. The average Bonchev–Trinajstić information content (AvgIpc) is 3.05. The number of aryl methyl sites for hydroxylation is 1. The molecule has 1 heterocycles. The summed E-state index contributed by atoms with van der Waals surface area (Å²) in [6.07, 6.45) is 3.11. The van der Waals surface area contributed by atoms with Crippen LogP contribution in [0.1, 0.15) is 37.1 Å². The van der Waals surface area contributed by atoms with Crippen molar-refractivity contribution in [2.45, 2.75) is 39.0 Å². The second-order valence-corrected chi connectivity index (χ2v) is 5.68. The Kier molecular flexibility index (Phi) is 5.57. The van der Waals surface area contributed by atoms with Crippen molar-refractivity contribution in [3.05, 3.63) is 47.8 Å². The Morgan fingerprint density at radius 3 is 2.77 bits per heavy atom. The minimum Gasteiger partial charge on any atom is -0.496 e. The number of aliphatic hydroxyl groups is 1. The molecule has 120 valence electrons. The monoisotopic (exact) mass is 303 g/mol. The van der Waals surface area contributed by atoms with Crippen LogP contribution >= 0.6 is 0 Å². The highest BCUT2D eigenvalue weighted by Crippen LogP contribution is 2.26. The first-order chi connectivity index (χ1) is 10.5. The van der Waals surface area contributed by atoms with E-state index in [-0.39, 0.29) is 12.1 Å². The van der Waals surface area contributed by atoms with Crippen LogP contribution in [0.5, 0.6) is 5.75 Å². The molecule has 22 heavy (non-hydrogen) atoms. The second kappa shape index (κ2) is 7.42. The first-order valence-corrected chi connectivity index (χ1v) is 7.58. The van der Waals surface area contributed by atoms with E-state index in [4.69, 9.17) is 4.74 Å². The molecule has 0 saturated heterocycles. The molecule has 0 saturated carbocycles. The number of hydrogen-bond acceptors (Lipinski definition) is 4. The van der Waals surface area contributed by atoms with Crippen LogP contribution in [0.2, 0.25) is 0 Å². The van der Waals surface area contributed by atoms with Gasteiger partial charge in [-0.3, -0.25) is 4.68 Å². The SMILES string of the molecule is COc1ccc(C)cc1[C@H](O)CN[C@@H](C)[C@@H](C)n1cccn1. The van der Waals surface area contributed by atoms with Crippen LogP contribution in [0.25, 0.3) is 0 Å². The van der Waals surface area contributed by atoms with Gasteiger partial charge < -0.3 is 15.2 Å². The predicted octanol–water partition coefficient (Wildman–Crippen LogP) is 2.47. The highest BCUT2D eigenvalue weighted by atomic mass is 16.5. The average molecular weight is 303 g/mol. The largest absolute Gasteiger partial charge is 0.496 e. The highest BCUT2D eigenvalue weighted by Gasteiger charge is 2.18. The number of benzene rings is 1. The Hall–Kier alpha value is -1.85. The molecule has 1 aromatic heterocycles. The summed E-state index contributed by atoms with van der Waals surface area (Å²) in [5.41, 5.74) is 1.92. The van der Waals surface area contributed by atoms with Gasteiger partial charge in [-0.1, -0.05) is 11.6 Å². The van der Waals surface area contributed by atoms with E-state index in [0.717, 1.165) is 11.1 Å². The van der Waals surface area contributed by atoms with Crippen molar-refractivity contribution in [3.63, 3.8) is 0 Å². The zero-order valence-electron chi connectivity index (χ0n) is 13.7. The van der Waals surface area contributed by atoms with Gasteiger partial charge in [0.25, 0.3) is 0 Å². The lowest BCUT2D eigenvalue weighted by Crippen LogP contribution is -2.36. The van der Waals surface area contributed by atoms with Gasteiger partial charge in [0.15, 0.2) is 0 Å². The van der Waals surface area contributed by atoms with E-state index in [1.807, 2.05) is 42.1 Å². The molecule has 0 aliphatic heterocycles. The Bertz CT molecular complexity index is 584. The molecule has 0 amide bonds. The number of aliphatic hydroxyl groups excluding tert-OH is 1. The van der Waals surface area contributed by atoms with Crippen molar-refractivity contribution >= 4 is 0 Å². The number of hydrogen-bond donors (Lipinski definition) is 2. The Labute approximate surface area is 131 Å². The second-order valence-electron chi connectivity index (χ2n) is 5.68. The normalized spacial score (nSPS) is 15.3. The van der Waals surface area contributed by atoms with Gasteiger partial charge in [0, 0.05) is 30.5 Å². The predicted molar refractivity (Wildman–Crippen MR) is 87.1 cm³/mol. The summed E-state index contributed by atoms with van der Waals surface area (Å²) in [5, 5.41) is 18.1. The van der Waals surface area contributed by atoms with E-state index in [1.165, 1.54) is 0 Å². The molecule has 0 radical (unpaired) electrons. The lowest BCUT2D eigenvalue weighted by Gasteiger charge is -2.24. The van der Waals surface area contributed by atoms with Gasteiger partial charge in [0.1, 0.15) is 5.75 Å². The van der Waals surface area contributed by atoms with Crippen molar-refractivity contribution in [2.75, 3.05) is 13.7 Å². The molecule has 0 spiro atoms. The number of rotatable bonds is 7. The summed E-state index contributed by atoms with van der Waals surface area (Å²) in [6.45, 7) is 6.66. The molecule has 0 aliphatic rings. The maximum atomic E-state index is 10.5. The van der Waals surface area contributed by atoms with Crippen molar-refractivity contribution in [3.8, 4) is 5.75 Å². The van der Waals surface area contributed by atoms with Crippen molar-refractivity contribution in [1.82, 2.24) is 15.1 Å². The van der Waals surface area contributed by atoms with Crippen molar-refractivity contribution < 1.29 is 9.84 Å². The van der Waals surface area contributed by atoms with E-state index in [0.29, 0.717) is 12.3 Å². The minimum atomic E-state index is -0.609. The summed E-state index contributed by atoms with van der Waals surface area (Å²) in [4.78, 5) is 0. The summed E-state index contributed by atoms with van der Waals surface area (Å²) in [5.74, 6) is 0.715. The van der Waals surface area contributed by atoms with Crippen molar-refractivity contribution in [1.29, 1.82) is 0 Å². The van der Waals surface area contributed by atoms with Gasteiger partial charge in [0.2, 0.25) is 0 Å². The van der Waals surface area contributed by atoms with Gasteiger partial charge in [-0.05, 0) is 39.0 Å². The molecule has 1 aromatic carbocycles. The van der Waals surface area contributed by atoms with Crippen LogP contribution in [0.4, 0.5) is 0 Å². The molecule has 0 unspecified atom stereocenters. The van der Waals surface area contributed by atoms with Crippen LogP contribution in [0, 0.1) is 6.92 Å². The molecule has 0 fully saturated rings. The first kappa shape index (κ1) is 16.5. The first-order valence-electron chi connectivity index (χ1n) is 7.58. The van der Waals surface area contributed by atoms with Gasteiger partial charge in [-0.15, -0.1) is 0 Å². The fourth-order valence-electron chi connectivity index (χ4n) is 2.44. The van der Waals surface area contributed by atoms with Gasteiger partial charge in [-0.25, -0.2) is 0 Å². The Morgan fingerprint density at radius 1 is 1.36 bits per heavy atom. The molecule has 2 aromatic rings. The standard InChI is InChI=1S/C17H25N3O2/c1-12-6-7-17(22-4)15(10-12)16(21)11-18-13(2)14(3)20-9-5-8-19-20/h5-10,13-14,16,18,21H,11H2,1-4H3/t13-,14+,16+/m0/s1. The lowest BCUT2D eigenvalue weighted by molar-refractivity contribution is 0.162. The molecule has 2 rings (SSSR count). The molecule has 2 N–H and O–H groups in total. The van der Waals surface area contributed by atoms with E-state index in [1.54, 1.807) is 13.3 Å². The van der Waals surface area contributed by atoms with Crippen LogP contribution in [0.3, 0.4) is 0 Å². The number of methoxy groups -OCH3 is 1. The number of nitrogens with zero attached hydrogens (tertiary/aromatic N) is 2. The van der Waals surface area contributed by atoms with Gasteiger partial charge >= 0.3 is 0 Å². The molecular weight excluding hydrogens is 278 g/mol. The van der Waals surface area contributed by atoms with Crippen LogP contribution in [-0.2, 0) is 0 Å². The molecule has 0 aliphatic carbocycles. The molecule has 5 heteroatoms. The zero-order chi connectivity index (χ0) is 16.1. The van der Waals surface area contributed by atoms with Gasteiger partial charge in [0.05, 0.1) is 19.3 Å².